The standard InChI is InChI=1S/C32H41N3O3/c1-23-19-35(24(2)22-36)32(37)18-28-17-29(33(3)4)15-16-30(28)38-31(23)21-34(5)20-25-11-13-27(14-12-25)26-9-7-6-8-10-26/h6-17,23-24,31,36H,18-22H2,1-5H3/t23-,24+,31+/m0/s1. The van der Waals surface area contributed by atoms with Crippen LogP contribution in [0.1, 0.15) is 25.0 Å². The molecule has 3 aromatic carbocycles. The number of aliphatic hydroxyl groups is 1. The van der Waals surface area contributed by atoms with Gasteiger partial charge in [-0.15, -0.1) is 0 Å². The Bertz CT molecular complexity index is 1200. The molecule has 0 saturated heterocycles. The molecule has 0 aliphatic carbocycles. The third kappa shape index (κ3) is 6.74. The van der Waals surface area contributed by atoms with Gasteiger partial charge in [0.05, 0.1) is 19.1 Å². The van der Waals surface area contributed by atoms with Crippen molar-refractivity contribution in [3.63, 3.8) is 0 Å². The van der Waals surface area contributed by atoms with Crippen LogP contribution in [0.3, 0.4) is 0 Å². The quantitative estimate of drug-likeness (QED) is 0.471. The van der Waals surface area contributed by atoms with E-state index in [4.69, 9.17) is 4.74 Å². The molecule has 0 saturated carbocycles. The fourth-order valence-electron chi connectivity index (χ4n) is 5.03. The Morgan fingerprint density at radius 1 is 1.00 bits per heavy atom. The SMILES string of the molecule is C[C@H](CO)N1C[C@H](C)[C@@H](CN(C)Cc2ccc(-c3ccccc3)cc2)Oc2ccc(N(C)C)cc2CC1=O. The first-order valence-corrected chi connectivity index (χ1v) is 13.4. The summed E-state index contributed by atoms with van der Waals surface area (Å²) in [4.78, 5) is 19.5. The van der Waals surface area contributed by atoms with E-state index in [1.807, 2.05) is 55.1 Å². The summed E-state index contributed by atoms with van der Waals surface area (Å²) in [5.74, 6) is 0.863. The van der Waals surface area contributed by atoms with Gasteiger partial charge in [0.2, 0.25) is 5.91 Å². The average Bonchev–Trinajstić information content (AvgIpc) is 2.96. The molecule has 1 heterocycles. The first-order chi connectivity index (χ1) is 18.2. The van der Waals surface area contributed by atoms with E-state index in [1.54, 1.807) is 0 Å². The van der Waals surface area contributed by atoms with Crippen molar-refractivity contribution in [2.45, 2.75) is 39.0 Å². The summed E-state index contributed by atoms with van der Waals surface area (Å²) in [6, 6.07) is 25.0. The van der Waals surface area contributed by atoms with Crippen molar-refractivity contribution in [2.24, 2.45) is 5.92 Å². The van der Waals surface area contributed by atoms with E-state index in [9.17, 15) is 9.90 Å². The summed E-state index contributed by atoms with van der Waals surface area (Å²) < 4.78 is 6.66. The Labute approximate surface area is 227 Å². The number of nitrogens with zero attached hydrogens (tertiary/aromatic N) is 3. The van der Waals surface area contributed by atoms with Gasteiger partial charge < -0.3 is 19.6 Å². The number of rotatable bonds is 8. The lowest BCUT2D eigenvalue weighted by Gasteiger charge is -2.34. The van der Waals surface area contributed by atoms with Crippen molar-refractivity contribution in [1.29, 1.82) is 0 Å². The lowest BCUT2D eigenvalue weighted by molar-refractivity contribution is -0.134. The number of anilines is 1. The minimum Gasteiger partial charge on any atom is -0.488 e. The first kappa shape index (κ1) is 27.7. The Balaban J connectivity index is 1.53. The van der Waals surface area contributed by atoms with Gasteiger partial charge >= 0.3 is 0 Å². The number of amides is 1. The molecule has 6 nitrogen and oxygen atoms in total. The van der Waals surface area contributed by atoms with Crippen LogP contribution in [0.15, 0.2) is 72.8 Å². The molecular formula is C32H41N3O3. The maximum Gasteiger partial charge on any atom is 0.227 e. The summed E-state index contributed by atoms with van der Waals surface area (Å²) in [7, 11) is 6.10. The van der Waals surface area contributed by atoms with E-state index in [1.165, 1.54) is 16.7 Å². The second-order valence-electron chi connectivity index (χ2n) is 10.8. The van der Waals surface area contributed by atoms with Crippen LogP contribution < -0.4 is 9.64 Å². The van der Waals surface area contributed by atoms with E-state index in [0.717, 1.165) is 23.5 Å². The molecule has 1 N–H and O–H groups in total. The molecule has 0 radical (unpaired) electrons. The molecule has 0 aromatic heterocycles. The van der Waals surface area contributed by atoms with Crippen LogP contribution in [0, 0.1) is 5.92 Å². The predicted molar refractivity (Wildman–Crippen MR) is 155 cm³/mol. The second kappa shape index (κ2) is 12.5. The number of fused-ring (bicyclic) bond motifs is 1. The molecular weight excluding hydrogens is 474 g/mol. The molecule has 4 rings (SSSR count). The smallest absolute Gasteiger partial charge is 0.227 e. The van der Waals surface area contributed by atoms with Crippen molar-refractivity contribution in [3.05, 3.63) is 83.9 Å². The highest BCUT2D eigenvalue weighted by atomic mass is 16.5. The number of hydrogen-bond acceptors (Lipinski definition) is 5. The van der Waals surface area contributed by atoms with E-state index < -0.39 is 0 Å². The van der Waals surface area contributed by atoms with E-state index in [0.29, 0.717) is 13.1 Å². The molecule has 3 atom stereocenters. The highest BCUT2D eigenvalue weighted by molar-refractivity contribution is 5.80. The van der Waals surface area contributed by atoms with Gasteiger partial charge in [-0.3, -0.25) is 9.69 Å². The summed E-state index contributed by atoms with van der Waals surface area (Å²) in [5, 5.41) is 9.86. The normalized spacial score (nSPS) is 18.7. The molecule has 3 aromatic rings. The Morgan fingerprint density at radius 3 is 2.34 bits per heavy atom. The summed E-state index contributed by atoms with van der Waals surface area (Å²) in [6.45, 7) is 6.03. The van der Waals surface area contributed by atoms with Crippen LogP contribution in [0.2, 0.25) is 0 Å². The van der Waals surface area contributed by atoms with Gasteiger partial charge in [0.25, 0.3) is 0 Å². The van der Waals surface area contributed by atoms with E-state index in [-0.39, 0.29) is 37.0 Å². The number of aliphatic hydroxyl groups excluding tert-OH is 1. The fourth-order valence-corrected chi connectivity index (χ4v) is 5.03. The molecule has 1 aliphatic rings. The predicted octanol–water partition coefficient (Wildman–Crippen LogP) is 4.70. The molecule has 38 heavy (non-hydrogen) atoms. The largest absolute Gasteiger partial charge is 0.488 e. The van der Waals surface area contributed by atoms with Crippen molar-refractivity contribution >= 4 is 11.6 Å². The number of carbonyl (C=O) groups is 1. The zero-order chi connectivity index (χ0) is 27.2. The molecule has 1 aliphatic heterocycles. The lowest BCUT2D eigenvalue weighted by atomic mass is 10.0. The van der Waals surface area contributed by atoms with Crippen LogP contribution in [-0.2, 0) is 17.8 Å². The van der Waals surface area contributed by atoms with Crippen molar-refractivity contribution in [2.75, 3.05) is 45.7 Å². The third-order valence-electron chi connectivity index (χ3n) is 7.42. The molecule has 202 valence electrons. The van der Waals surface area contributed by atoms with Crippen molar-refractivity contribution < 1.29 is 14.6 Å². The zero-order valence-corrected chi connectivity index (χ0v) is 23.3. The number of ether oxygens (including phenoxy) is 1. The van der Waals surface area contributed by atoms with Gasteiger partial charge in [0.15, 0.2) is 0 Å². The van der Waals surface area contributed by atoms with Gasteiger partial charge in [0, 0.05) is 50.9 Å². The Morgan fingerprint density at radius 2 is 1.68 bits per heavy atom. The van der Waals surface area contributed by atoms with Crippen LogP contribution in [-0.4, -0.2) is 73.8 Å². The monoisotopic (exact) mass is 515 g/mol. The first-order valence-electron chi connectivity index (χ1n) is 13.4. The summed E-state index contributed by atoms with van der Waals surface area (Å²) in [5.41, 5.74) is 5.58. The fraction of sp³-hybridized carbons (Fsp3) is 0.406. The summed E-state index contributed by atoms with van der Waals surface area (Å²) in [6.07, 6.45) is 0.136. The highest BCUT2D eigenvalue weighted by Crippen LogP contribution is 2.30. The number of carbonyl (C=O) groups excluding carboxylic acids is 1. The Hall–Kier alpha value is -3.35. The Kier molecular flexibility index (Phi) is 9.08. The minimum atomic E-state index is -0.245. The van der Waals surface area contributed by atoms with Gasteiger partial charge in [-0.25, -0.2) is 0 Å². The van der Waals surface area contributed by atoms with Gasteiger partial charge in [-0.05, 0) is 48.9 Å². The molecule has 6 heteroatoms. The van der Waals surface area contributed by atoms with Crippen LogP contribution in [0.5, 0.6) is 5.75 Å². The van der Waals surface area contributed by atoms with Crippen LogP contribution >= 0.6 is 0 Å². The van der Waals surface area contributed by atoms with Gasteiger partial charge in [-0.1, -0.05) is 61.5 Å². The van der Waals surface area contributed by atoms with E-state index in [2.05, 4.69) is 67.4 Å². The summed E-state index contributed by atoms with van der Waals surface area (Å²) >= 11 is 0. The third-order valence-corrected chi connectivity index (χ3v) is 7.42. The number of hydrogen-bond donors (Lipinski definition) is 1. The molecule has 1 amide bonds. The van der Waals surface area contributed by atoms with Crippen LogP contribution in [0.25, 0.3) is 11.1 Å². The number of likely N-dealkylation sites (N-methyl/N-ethyl adjacent to an activating group) is 1. The highest BCUT2D eigenvalue weighted by Gasteiger charge is 2.31. The maximum absolute atomic E-state index is 13.3. The van der Waals surface area contributed by atoms with Crippen molar-refractivity contribution in [1.82, 2.24) is 9.80 Å². The van der Waals surface area contributed by atoms with Gasteiger partial charge in [-0.2, -0.15) is 0 Å². The number of benzene rings is 3. The topological polar surface area (TPSA) is 56.2 Å². The van der Waals surface area contributed by atoms with Gasteiger partial charge in [0.1, 0.15) is 11.9 Å². The molecule has 0 fully saturated rings. The molecule has 0 bridgehead atoms. The van der Waals surface area contributed by atoms with E-state index >= 15 is 0 Å². The lowest BCUT2D eigenvalue weighted by Crippen LogP contribution is -2.47. The zero-order valence-electron chi connectivity index (χ0n) is 23.3. The second-order valence-corrected chi connectivity index (χ2v) is 10.8. The van der Waals surface area contributed by atoms with Crippen LogP contribution in [0.4, 0.5) is 5.69 Å². The molecule has 0 unspecified atom stereocenters. The molecule has 0 spiro atoms. The maximum atomic E-state index is 13.3. The average molecular weight is 516 g/mol. The minimum absolute atomic E-state index is 0.0201. The van der Waals surface area contributed by atoms with Crippen molar-refractivity contribution in [3.8, 4) is 16.9 Å².